The number of nitrogens with zero attached hydrogens (tertiary/aromatic N) is 1. The highest BCUT2D eigenvalue weighted by atomic mass is 35.5. The summed E-state index contributed by atoms with van der Waals surface area (Å²) in [6.07, 6.45) is 3.26. The molecule has 0 radical (unpaired) electrons. The summed E-state index contributed by atoms with van der Waals surface area (Å²) in [7, 11) is 1.53. The number of hydrogen-bond acceptors (Lipinski definition) is 5. The zero-order chi connectivity index (χ0) is 20.3. The fourth-order valence-corrected chi connectivity index (χ4v) is 3.64. The van der Waals surface area contributed by atoms with Crippen LogP contribution >= 0.6 is 35.0 Å². The van der Waals surface area contributed by atoms with Crippen molar-refractivity contribution >= 4 is 57.9 Å². The molecular formula is C20H15Cl2NO4S. The molecular weight excluding hydrogens is 421 g/mol. The normalized spacial score (nSPS) is 15.2. The summed E-state index contributed by atoms with van der Waals surface area (Å²) in [5, 5.41) is 0.202. The lowest BCUT2D eigenvalue weighted by Crippen LogP contribution is -2.27. The van der Waals surface area contributed by atoms with Gasteiger partial charge in [-0.25, -0.2) is 4.90 Å². The number of carbonyl (C=O) groups excluding carboxylic acids is 2. The molecule has 0 aromatic heterocycles. The largest absolute Gasteiger partial charge is 0.493 e. The highest BCUT2D eigenvalue weighted by molar-refractivity contribution is 8.19. The van der Waals surface area contributed by atoms with Gasteiger partial charge in [0.1, 0.15) is 6.61 Å². The van der Waals surface area contributed by atoms with Gasteiger partial charge in [0.15, 0.2) is 11.5 Å². The van der Waals surface area contributed by atoms with Gasteiger partial charge in [-0.15, -0.1) is 0 Å². The van der Waals surface area contributed by atoms with Crippen LogP contribution in [0.5, 0.6) is 11.5 Å². The Bertz CT molecular complexity index is 990. The molecule has 2 aromatic rings. The molecule has 0 aliphatic carbocycles. The molecule has 1 aliphatic heterocycles. The molecule has 2 amide bonds. The van der Waals surface area contributed by atoms with Gasteiger partial charge in [-0.1, -0.05) is 41.9 Å². The van der Waals surface area contributed by atoms with E-state index in [1.165, 1.54) is 13.2 Å². The average Bonchev–Trinajstić information content (AvgIpc) is 2.96. The molecule has 2 aromatic carbocycles. The number of thioether (sulfide) groups is 1. The van der Waals surface area contributed by atoms with Gasteiger partial charge in [0.05, 0.1) is 27.7 Å². The van der Waals surface area contributed by atoms with E-state index in [4.69, 9.17) is 32.7 Å². The van der Waals surface area contributed by atoms with Crippen molar-refractivity contribution in [3.8, 4) is 11.5 Å². The second kappa shape index (κ2) is 8.73. The molecule has 8 heteroatoms. The van der Waals surface area contributed by atoms with E-state index in [1.54, 1.807) is 42.5 Å². The van der Waals surface area contributed by atoms with Crippen LogP contribution < -0.4 is 14.4 Å². The van der Waals surface area contributed by atoms with E-state index in [2.05, 4.69) is 6.58 Å². The van der Waals surface area contributed by atoms with Crippen molar-refractivity contribution in [1.29, 1.82) is 0 Å². The quantitative estimate of drug-likeness (QED) is 0.423. The molecule has 5 nitrogen and oxygen atoms in total. The van der Waals surface area contributed by atoms with Crippen molar-refractivity contribution in [2.45, 2.75) is 0 Å². The molecule has 0 bridgehead atoms. The second-order valence-corrected chi connectivity index (χ2v) is 7.43. The van der Waals surface area contributed by atoms with Crippen LogP contribution in [0.4, 0.5) is 10.5 Å². The monoisotopic (exact) mass is 435 g/mol. The van der Waals surface area contributed by atoms with Crippen molar-refractivity contribution in [1.82, 2.24) is 0 Å². The first kappa shape index (κ1) is 20.3. The average molecular weight is 436 g/mol. The van der Waals surface area contributed by atoms with E-state index in [0.717, 1.165) is 16.7 Å². The van der Waals surface area contributed by atoms with Gasteiger partial charge in [-0.2, -0.15) is 0 Å². The van der Waals surface area contributed by atoms with E-state index >= 15 is 0 Å². The maximum absolute atomic E-state index is 12.8. The fourth-order valence-electron chi connectivity index (χ4n) is 2.51. The lowest BCUT2D eigenvalue weighted by atomic mass is 10.2. The van der Waals surface area contributed by atoms with Crippen molar-refractivity contribution in [2.24, 2.45) is 0 Å². The number of carbonyl (C=O) groups is 2. The maximum Gasteiger partial charge on any atom is 0.298 e. The van der Waals surface area contributed by atoms with Crippen LogP contribution in [0, 0.1) is 0 Å². The van der Waals surface area contributed by atoms with E-state index < -0.39 is 11.1 Å². The SMILES string of the molecule is C=CCOc1ccc(C=C2SC(=O)N(c3ccc(Cl)c(Cl)c3)C2=O)cc1OC. The number of hydrogen-bond donors (Lipinski definition) is 0. The molecule has 0 atom stereocenters. The first-order valence-electron chi connectivity index (χ1n) is 8.09. The van der Waals surface area contributed by atoms with Crippen LogP contribution in [-0.4, -0.2) is 24.9 Å². The molecule has 1 saturated heterocycles. The Labute approximate surface area is 176 Å². The van der Waals surface area contributed by atoms with Gasteiger partial charge < -0.3 is 9.47 Å². The highest BCUT2D eigenvalue weighted by Crippen LogP contribution is 2.38. The molecule has 3 rings (SSSR count). The first-order chi connectivity index (χ1) is 13.4. The van der Waals surface area contributed by atoms with Gasteiger partial charge in [0.25, 0.3) is 11.1 Å². The van der Waals surface area contributed by atoms with E-state index in [1.807, 2.05) is 0 Å². The smallest absolute Gasteiger partial charge is 0.298 e. The number of imide groups is 1. The minimum absolute atomic E-state index is 0.266. The number of rotatable bonds is 6. The molecule has 144 valence electrons. The maximum atomic E-state index is 12.8. The van der Waals surface area contributed by atoms with Gasteiger partial charge in [-0.05, 0) is 53.7 Å². The van der Waals surface area contributed by atoms with Crippen LogP contribution in [0.3, 0.4) is 0 Å². The Balaban J connectivity index is 1.89. The zero-order valence-corrected chi connectivity index (χ0v) is 17.1. The van der Waals surface area contributed by atoms with Crippen LogP contribution in [0.25, 0.3) is 6.08 Å². The van der Waals surface area contributed by atoms with Crippen LogP contribution in [0.15, 0.2) is 54.0 Å². The molecule has 1 fully saturated rings. The fraction of sp³-hybridized carbons (Fsp3) is 0.100. The third-order valence-corrected chi connectivity index (χ3v) is 5.41. The zero-order valence-electron chi connectivity index (χ0n) is 14.8. The Hall–Kier alpha value is -2.41. The van der Waals surface area contributed by atoms with E-state index in [9.17, 15) is 9.59 Å². The number of halogens is 2. The predicted molar refractivity (Wildman–Crippen MR) is 114 cm³/mol. The molecule has 0 spiro atoms. The second-order valence-electron chi connectivity index (χ2n) is 5.63. The van der Waals surface area contributed by atoms with Gasteiger partial charge in [0.2, 0.25) is 0 Å². The Morgan fingerprint density at radius 3 is 2.57 bits per heavy atom. The van der Waals surface area contributed by atoms with Gasteiger partial charge >= 0.3 is 0 Å². The molecule has 0 N–H and O–H groups in total. The minimum Gasteiger partial charge on any atom is -0.493 e. The summed E-state index contributed by atoms with van der Waals surface area (Å²) in [6.45, 7) is 3.95. The van der Waals surface area contributed by atoms with Crippen molar-refractivity contribution in [3.63, 3.8) is 0 Å². The topological polar surface area (TPSA) is 55.8 Å². The van der Waals surface area contributed by atoms with Crippen LogP contribution in [-0.2, 0) is 4.79 Å². The standard InChI is InChI=1S/C20H15Cl2NO4S/c1-3-8-27-16-7-4-12(9-17(16)26-2)10-18-19(24)23(20(25)28-18)13-5-6-14(21)15(22)11-13/h3-7,9-11H,1,8H2,2H3. The number of anilines is 1. The summed E-state index contributed by atoms with van der Waals surface area (Å²) < 4.78 is 10.8. The van der Waals surface area contributed by atoms with Gasteiger partial charge in [0, 0.05) is 0 Å². The molecule has 0 unspecified atom stereocenters. The summed E-state index contributed by atoms with van der Waals surface area (Å²) in [5.74, 6) is 0.641. The minimum atomic E-state index is -0.431. The van der Waals surface area contributed by atoms with E-state index in [-0.39, 0.29) is 9.93 Å². The lowest BCUT2D eigenvalue weighted by Gasteiger charge is -2.13. The number of amides is 2. The molecule has 28 heavy (non-hydrogen) atoms. The number of methoxy groups -OCH3 is 1. The van der Waals surface area contributed by atoms with E-state index in [0.29, 0.717) is 34.4 Å². The van der Waals surface area contributed by atoms with Crippen molar-refractivity contribution in [3.05, 3.63) is 69.6 Å². The molecule has 1 aliphatic rings. The molecule has 1 heterocycles. The first-order valence-corrected chi connectivity index (χ1v) is 9.66. The molecule has 0 saturated carbocycles. The summed E-state index contributed by atoms with van der Waals surface area (Å²) in [5.41, 5.74) is 1.06. The predicted octanol–water partition coefficient (Wildman–Crippen LogP) is 5.81. The Morgan fingerprint density at radius 1 is 1.11 bits per heavy atom. The Kier molecular flexibility index (Phi) is 6.34. The summed E-state index contributed by atoms with van der Waals surface area (Å²) in [4.78, 5) is 26.5. The third kappa shape index (κ3) is 4.19. The van der Waals surface area contributed by atoms with Crippen LogP contribution in [0.2, 0.25) is 10.0 Å². The number of ether oxygens (including phenoxy) is 2. The summed E-state index contributed by atoms with van der Waals surface area (Å²) in [6, 6.07) is 9.83. The van der Waals surface area contributed by atoms with Crippen molar-refractivity contribution < 1.29 is 19.1 Å². The Morgan fingerprint density at radius 2 is 1.89 bits per heavy atom. The van der Waals surface area contributed by atoms with Gasteiger partial charge in [-0.3, -0.25) is 9.59 Å². The number of benzene rings is 2. The van der Waals surface area contributed by atoms with Crippen LogP contribution in [0.1, 0.15) is 5.56 Å². The van der Waals surface area contributed by atoms with Crippen molar-refractivity contribution in [2.75, 3.05) is 18.6 Å². The summed E-state index contributed by atoms with van der Waals surface area (Å²) >= 11 is 12.8. The lowest BCUT2D eigenvalue weighted by molar-refractivity contribution is -0.113. The highest BCUT2D eigenvalue weighted by Gasteiger charge is 2.36. The third-order valence-electron chi connectivity index (χ3n) is 3.80.